The molecule has 9 nitrogen and oxygen atoms in total. The van der Waals surface area contributed by atoms with Gasteiger partial charge in [0.1, 0.15) is 0 Å². The van der Waals surface area contributed by atoms with Crippen LogP contribution < -0.4 is 0 Å². The molecular weight excluding hydrogens is 301 g/mol. The summed E-state index contributed by atoms with van der Waals surface area (Å²) in [5, 5.41) is 0. The minimum Gasteiger partial charge on any atom is -0.337 e. The summed E-state index contributed by atoms with van der Waals surface area (Å²) in [5.74, 6) is 0. The van der Waals surface area contributed by atoms with Gasteiger partial charge in [0.2, 0.25) is 0 Å². The van der Waals surface area contributed by atoms with Gasteiger partial charge in [-0.2, -0.15) is 12.9 Å². The molecule has 13 heteroatoms. The molecule has 1 rings (SSSR count). The summed E-state index contributed by atoms with van der Waals surface area (Å²) in [4.78, 5) is 0. The Morgan fingerprint density at radius 3 is 1.56 bits per heavy atom. The lowest BCUT2D eigenvalue weighted by Crippen LogP contribution is -2.09. The third-order valence-corrected chi connectivity index (χ3v) is 9.33. The summed E-state index contributed by atoms with van der Waals surface area (Å²) < 4.78 is 61.8. The maximum absolute atomic E-state index is 11.8. The van der Waals surface area contributed by atoms with E-state index >= 15 is 0 Å². The summed E-state index contributed by atoms with van der Waals surface area (Å²) in [5.41, 5.74) is 0. The van der Waals surface area contributed by atoms with Gasteiger partial charge in [-0.3, -0.25) is 9.05 Å². The van der Waals surface area contributed by atoms with Crippen molar-refractivity contribution in [3.63, 3.8) is 0 Å². The van der Waals surface area contributed by atoms with Gasteiger partial charge in [-0.05, 0) is 0 Å². The zero-order chi connectivity index (χ0) is 12.4. The van der Waals surface area contributed by atoms with Crippen LogP contribution in [-0.2, 0) is 39.9 Å². The van der Waals surface area contributed by atoms with Crippen LogP contribution in [-0.4, -0.2) is 24.0 Å². The van der Waals surface area contributed by atoms with Crippen molar-refractivity contribution in [3.8, 4) is 0 Å². The van der Waals surface area contributed by atoms with Crippen molar-refractivity contribution >= 4 is 33.2 Å². The zero-order valence-corrected chi connectivity index (χ0v) is 12.8. The van der Waals surface area contributed by atoms with E-state index in [4.69, 9.17) is 4.21 Å². The van der Waals surface area contributed by atoms with Crippen LogP contribution in [0.1, 0.15) is 0 Å². The molecule has 0 saturated carbocycles. The molecule has 96 valence electrons. The molecular formula is C3H11O9P3Si. The highest BCUT2D eigenvalue weighted by atomic mass is 31.3. The Morgan fingerprint density at radius 2 is 1.25 bits per heavy atom. The molecule has 1 aliphatic rings. The third kappa shape index (κ3) is 3.33. The normalized spacial score (nSPS) is 45.2. The van der Waals surface area contributed by atoms with Gasteiger partial charge in [0.05, 0.1) is 0 Å². The summed E-state index contributed by atoms with van der Waals surface area (Å²) in [7, 11) is -12.0. The van der Waals surface area contributed by atoms with E-state index < -0.39 is 33.2 Å². The first-order chi connectivity index (χ1) is 7.30. The fourth-order valence-corrected chi connectivity index (χ4v) is 8.41. The Labute approximate surface area is 94.5 Å². The molecule has 0 N–H and O–H groups in total. The van der Waals surface area contributed by atoms with Gasteiger partial charge >= 0.3 is 23.5 Å². The van der Waals surface area contributed by atoms with Crippen molar-refractivity contribution in [2.45, 2.75) is 6.55 Å². The average Bonchev–Trinajstić information content (AvgIpc) is 2.16. The van der Waals surface area contributed by atoms with E-state index in [1.807, 2.05) is 0 Å². The van der Waals surface area contributed by atoms with Crippen LogP contribution in [0, 0.1) is 0 Å². The number of phosphoric acid groups is 3. The highest BCUT2D eigenvalue weighted by molar-refractivity contribution is 7.75. The second kappa shape index (κ2) is 5.12. The fraction of sp³-hybridized carbons (Fsp3) is 1.00. The van der Waals surface area contributed by atoms with E-state index in [0.29, 0.717) is 0 Å². The summed E-state index contributed by atoms with van der Waals surface area (Å²) in [6.45, 7) is 1.62. The van der Waals surface area contributed by atoms with Gasteiger partial charge < -0.3 is 4.21 Å². The van der Waals surface area contributed by atoms with Gasteiger partial charge in [0.15, 0.2) is 9.76 Å². The SMILES string of the molecule is COP1(=O)OP(=O)(OC)OP(=O)(O[SiH2]C)O1. The van der Waals surface area contributed by atoms with Gasteiger partial charge in [-0.15, -0.1) is 0 Å². The number of rotatable bonds is 4. The van der Waals surface area contributed by atoms with Crippen LogP contribution in [0.15, 0.2) is 0 Å². The van der Waals surface area contributed by atoms with Crippen LogP contribution >= 0.6 is 23.5 Å². The molecule has 0 aliphatic carbocycles. The summed E-state index contributed by atoms with van der Waals surface area (Å²) in [6, 6.07) is 0. The first-order valence-electron chi connectivity index (χ1n) is 4.00. The second-order valence-electron chi connectivity index (χ2n) is 2.37. The molecule has 1 aliphatic heterocycles. The van der Waals surface area contributed by atoms with Crippen molar-refractivity contribution in [2.24, 2.45) is 0 Å². The first-order valence-corrected chi connectivity index (χ1v) is 10.4. The number of hydrogen-bond acceptors (Lipinski definition) is 9. The van der Waals surface area contributed by atoms with E-state index in [0.717, 1.165) is 14.2 Å². The van der Waals surface area contributed by atoms with E-state index in [-0.39, 0.29) is 0 Å². The second-order valence-corrected chi connectivity index (χ2v) is 9.35. The molecule has 1 heterocycles. The van der Waals surface area contributed by atoms with E-state index in [1.165, 1.54) is 0 Å². The molecule has 1 fully saturated rings. The Morgan fingerprint density at radius 1 is 0.875 bits per heavy atom. The van der Waals surface area contributed by atoms with Crippen molar-refractivity contribution in [2.75, 3.05) is 14.2 Å². The molecule has 0 aromatic heterocycles. The van der Waals surface area contributed by atoms with Crippen molar-refractivity contribution in [1.29, 1.82) is 0 Å². The largest absolute Gasteiger partial charge is 0.492 e. The minimum atomic E-state index is -4.26. The maximum atomic E-state index is 11.8. The minimum absolute atomic E-state index is 0.972. The van der Waals surface area contributed by atoms with Crippen molar-refractivity contribution in [3.05, 3.63) is 0 Å². The van der Waals surface area contributed by atoms with E-state index in [1.54, 1.807) is 6.55 Å². The van der Waals surface area contributed by atoms with Crippen LogP contribution in [0.3, 0.4) is 0 Å². The molecule has 16 heavy (non-hydrogen) atoms. The fourth-order valence-electron chi connectivity index (χ4n) is 0.751. The Bertz CT molecular complexity index is 363. The monoisotopic (exact) mass is 312 g/mol. The maximum Gasteiger partial charge on any atom is 0.492 e. The van der Waals surface area contributed by atoms with Gasteiger partial charge in [-0.1, -0.05) is 6.55 Å². The standard InChI is InChI=1S/C3H11O9P3Si/c1-7-13(4)9-14(5,8-2)11-15(6,10-13)12-16-3/h16H2,1-3H3. The predicted molar refractivity (Wildman–Crippen MR) is 55.6 cm³/mol. The number of hydrogen-bond donors (Lipinski definition) is 0. The molecule has 0 spiro atoms. The van der Waals surface area contributed by atoms with Gasteiger partial charge in [0.25, 0.3) is 0 Å². The van der Waals surface area contributed by atoms with E-state index in [2.05, 4.69) is 22.0 Å². The quantitative estimate of drug-likeness (QED) is 0.567. The third-order valence-electron chi connectivity index (χ3n) is 1.33. The molecule has 0 radical (unpaired) electrons. The molecule has 2 unspecified atom stereocenters. The molecule has 2 atom stereocenters. The van der Waals surface area contributed by atoms with E-state index in [9.17, 15) is 13.7 Å². The average molecular weight is 312 g/mol. The lowest BCUT2D eigenvalue weighted by Gasteiger charge is -2.29. The van der Waals surface area contributed by atoms with Crippen molar-refractivity contribution < 1.29 is 39.9 Å². The van der Waals surface area contributed by atoms with Crippen LogP contribution in [0.2, 0.25) is 6.55 Å². The van der Waals surface area contributed by atoms with Crippen molar-refractivity contribution in [1.82, 2.24) is 0 Å². The van der Waals surface area contributed by atoms with Crippen LogP contribution in [0.4, 0.5) is 0 Å². The Kier molecular flexibility index (Phi) is 4.71. The lowest BCUT2D eigenvalue weighted by atomic mass is 11.8. The van der Waals surface area contributed by atoms with Gasteiger partial charge in [-0.25, -0.2) is 13.7 Å². The highest BCUT2D eigenvalue weighted by Gasteiger charge is 2.55. The summed E-state index contributed by atoms with van der Waals surface area (Å²) in [6.07, 6.45) is 0. The Balaban J connectivity index is 3.06. The van der Waals surface area contributed by atoms with Gasteiger partial charge in [0, 0.05) is 14.2 Å². The highest BCUT2D eigenvalue weighted by Crippen LogP contribution is 2.82. The summed E-state index contributed by atoms with van der Waals surface area (Å²) >= 11 is 0. The van der Waals surface area contributed by atoms with Crippen LogP contribution in [0.25, 0.3) is 0 Å². The molecule has 0 aromatic carbocycles. The topological polar surface area (TPSA) is 107 Å². The predicted octanol–water partition coefficient (Wildman–Crippen LogP) is 1.82. The van der Waals surface area contributed by atoms with Crippen LogP contribution in [0.5, 0.6) is 0 Å². The molecule has 0 amide bonds. The molecule has 1 saturated heterocycles. The first kappa shape index (κ1) is 14.7. The smallest absolute Gasteiger partial charge is 0.337 e. The molecule has 0 bridgehead atoms. The molecule has 0 aromatic rings. The Hall–Kier alpha value is 0.667. The lowest BCUT2D eigenvalue weighted by molar-refractivity contribution is 0.143. The zero-order valence-electron chi connectivity index (χ0n) is 8.72.